The molecule has 0 saturated carbocycles. The average molecular weight is 282 g/mol. The van der Waals surface area contributed by atoms with Crippen molar-refractivity contribution in [3.8, 4) is 0 Å². The Labute approximate surface area is 113 Å². The van der Waals surface area contributed by atoms with Gasteiger partial charge in [-0.25, -0.2) is 14.6 Å². The number of hydrogen-bond acceptors (Lipinski definition) is 7. The van der Waals surface area contributed by atoms with Gasteiger partial charge in [-0.15, -0.1) is 5.10 Å². The van der Waals surface area contributed by atoms with Crippen LogP contribution in [0.4, 0.5) is 0 Å². The molecule has 0 unspecified atom stereocenters. The van der Waals surface area contributed by atoms with Crippen molar-refractivity contribution in [2.75, 3.05) is 26.0 Å². The molecule has 0 atom stereocenters. The molecule has 9 heteroatoms. The minimum atomic E-state index is -0.0716. The van der Waals surface area contributed by atoms with Crippen LogP contribution < -0.4 is 5.32 Å². The molecule has 2 rings (SSSR count). The van der Waals surface area contributed by atoms with Crippen molar-refractivity contribution in [1.29, 1.82) is 0 Å². The van der Waals surface area contributed by atoms with Crippen LogP contribution in [0.25, 0.3) is 11.2 Å². The smallest absolute Gasteiger partial charge is 0.230 e. The standard InChI is InChI=1S/C10H14N6O2S/c1-16-9-8(14-15-16)10(13-6-12-9)19-5-7(17)11-3-4-18-2/h6H,3-5H2,1-2H3,(H,11,17). The lowest BCUT2D eigenvalue weighted by molar-refractivity contribution is -0.118. The number of methoxy groups -OCH3 is 1. The lowest BCUT2D eigenvalue weighted by Gasteiger charge is -2.03. The Bertz CT molecular complexity index is 572. The van der Waals surface area contributed by atoms with Gasteiger partial charge < -0.3 is 10.1 Å². The first-order valence-electron chi connectivity index (χ1n) is 5.61. The molecule has 0 fully saturated rings. The zero-order valence-electron chi connectivity index (χ0n) is 10.7. The van der Waals surface area contributed by atoms with Gasteiger partial charge in [0.05, 0.1) is 12.4 Å². The number of rotatable bonds is 6. The molecule has 0 aliphatic rings. The molecule has 2 aromatic heterocycles. The Kier molecular flexibility index (Phi) is 4.63. The number of fused-ring (bicyclic) bond motifs is 1. The molecule has 0 spiro atoms. The van der Waals surface area contributed by atoms with Crippen molar-refractivity contribution in [3.05, 3.63) is 6.33 Å². The van der Waals surface area contributed by atoms with Crippen LogP contribution in [0.15, 0.2) is 11.4 Å². The van der Waals surface area contributed by atoms with Crippen LogP contribution in [0.1, 0.15) is 0 Å². The number of carbonyl (C=O) groups excluding carboxylic acids is 1. The van der Waals surface area contributed by atoms with Gasteiger partial charge in [0.2, 0.25) is 5.91 Å². The molecule has 8 nitrogen and oxygen atoms in total. The van der Waals surface area contributed by atoms with Crippen molar-refractivity contribution >= 4 is 28.8 Å². The van der Waals surface area contributed by atoms with E-state index in [1.54, 1.807) is 18.8 Å². The van der Waals surface area contributed by atoms with Gasteiger partial charge in [-0.2, -0.15) is 0 Å². The lowest BCUT2D eigenvalue weighted by atomic mass is 10.5. The van der Waals surface area contributed by atoms with E-state index in [1.165, 1.54) is 18.1 Å². The maximum absolute atomic E-state index is 11.6. The number of nitrogens with one attached hydrogen (secondary N) is 1. The number of nitrogens with zero attached hydrogens (tertiary/aromatic N) is 5. The third-order valence-corrected chi connectivity index (χ3v) is 3.30. The van der Waals surface area contributed by atoms with Crippen LogP contribution in [0, 0.1) is 0 Å². The van der Waals surface area contributed by atoms with Gasteiger partial charge in [0.1, 0.15) is 11.4 Å². The molecular formula is C10H14N6O2S. The summed E-state index contributed by atoms with van der Waals surface area (Å²) in [6.07, 6.45) is 1.44. The fraction of sp³-hybridized carbons (Fsp3) is 0.500. The van der Waals surface area contributed by atoms with Crippen molar-refractivity contribution in [1.82, 2.24) is 30.3 Å². The van der Waals surface area contributed by atoms with Gasteiger partial charge >= 0.3 is 0 Å². The summed E-state index contributed by atoms with van der Waals surface area (Å²) in [5.74, 6) is 0.199. The van der Waals surface area contributed by atoms with Crippen LogP contribution >= 0.6 is 11.8 Å². The average Bonchev–Trinajstić information content (AvgIpc) is 2.79. The zero-order valence-corrected chi connectivity index (χ0v) is 11.5. The van der Waals surface area contributed by atoms with Gasteiger partial charge in [0.25, 0.3) is 0 Å². The highest BCUT2D eigenvalue weighted by Crippen LogP contribution is 2.21. The van der Waals surface area contributed by atoms with Crippen LogP contribution in [-0.2, 0) is 16.6 Å². The van der Waals surface area contributed by atoms with Gasteiger partial charge in [-0.1, -0.05) is 17.0 Å². The predicted molar refractivity (Wildman–Crippen MR) is 69.7 cm³/mol. The number of carbonyl (C=O) groups is 1. The highest BCUT2D eigenvalue weighted by molar-refractivity contribution is 8.00. The van der Waals surface area contributed by atoms with Crippen LogP contribution in [-0.4, -0.2) is 56.9 Å². The van der Waals surface area contributed by atoms with Crippen LogP contribution in [0.2, 0.25) is 0 Å². The SMILES string of the molecule is COCCNC(=O)CSc1ncnc2c1nnn2C. The summed E-state index contributed by atoms with van der Waals surface area (Å²) in [5.41, 5.74) is 1.26. The number of amides is 1. The van der Waals surface area contributed by atoms with E-state index >= 15 is 0 Å². The normalized spacial score (nSPS) is 10.8. The molecule has 0 aliphatic heterocycles. The van der Waals surface area contributed by atoms with E-state index < -0.39 is 0 Å². The highest BCUT2D eigenvalue weighted by atomic mass is 32.2. The van der Waals surface area contributed by atoms with Crippen molar-refractivity contribution in [2.24, 2.45) is 7.05 Å². The minimum Gasteiger partial charge on any atom is -0.383 e. The fourth-order valence-corrected chi connectivity index (χ4v) is 2.18. The minimum absolute atomic E-state index is 0.0716. The predicted octanol–water partition coefficient (Wildman–Crippen LogP) is -0.387. The first-order valence-corrected chi connectivity index (χ1v) is 6.59. The number of ether oxygens (including phenoxy) is 1. The van der Waals surface area contributed by atoms with Crippen molar-refractivity contribution < 1.29 is 9.53 Å². The monoisotopic (exact) mass is 282 g/mol. The molecule has 19 heavy (non-hydrogen) atoms. The molecule has 2 aromatic rings. The van der Waals surface area contributed by atoms with E-state index in [0.717, 1.165) is 0 Å². The lowest BCUT2D eigenvalue weighted by Crippen LogP contribution is -2.28. The van der Waals surface area contributed by atoms with E-state index in [9.17, 15) is 4.79 Å². The second-order valence-electron chi connectivity index (χ2n) is 3.70. The topological polar surface area (TPSA) is 94.8 Å². The first-order chi connectivity index (χ1) is 9.22. The van der Waals surface area contributed by atoms with E-state index in [1.807, 2.05) is 0 Å². The Morgan fingerprint density at radius 2 is 2.37 bits per heavy atom. The molecule has 2 heterocycles. The fourth-order valence-electron chi connectivity index (χ4n) is 1.42. The summed E-state index contributed by atoms with van der Waals surface area (Å²) in [6, 6.07) is 0. The zero-order chi connectivity index (χ0) is 13.7. The second-order valence-corrected chi connectivity index (χ2v) is 4.66. The molecule has 0 aliphatic carbocycles. The third-order valence-electron chi connectivity index (χ3n) is 2.32. The number of aryl methyl sites for hydroxylation is 1. The molecule has 0 bridgehead atoms. The quantitative estimate of drug-likeness (QED) is 0.438. The van der Waals surface area contributed by atoms with Crippen molar-refractivity contribution in [3.63, 3.8) is 0 Å². The van der Waals surface area contributed by atoms with Gasteiger partial charge in [-0.3, -0.25) is 4.79 Å². The van der Waals surface area contributed by atoms with Gasteiger partial charge in [0.15, 0.2) is 11.2 Å². The largest absolute Gasteiger partial charge is 0.383 e. The van der Waals surface area contributed by atoms with E-state index in [2.05, 4.69) is 25.6 Å². The summed E-state index contributed by atoms with van der Waals surface area (Å²) >= 11 is 1.31. The van der Waals surface area contributed by atoms with E-state index in [-0.39, 0.29) is 11.7 Å². The molecular weight excluding hydrogens is 268 g/mol. The molecule has 0 radical (unpaired) electrons. The number of thioether (sulfide) groups is 1. The number of hydrogen-bond donors (Lipinski definition) is 1. The highest BCUT2D eigenvalue weighted by Gasteiger charge is 2.11. The molecule has 0 aromatic carbocycles. The summed E-state index contributed by atoms with van der Waals surface area (Å²) < 4.78 is 6.42. The third kappa shape index (κ3) is 3.38. The first kappa shape index (κ1) is 13.7. The Morgan fingerprint density at radius 1 is 1.53 bits per heavy atom. The van der Waals surface area contributed by atoms with Gasteiger partial charge in [-0.05, 0) is 0 Å². The molecule has 1 amide bonds. The summed E-state index contributed by atoms with van der Waals surface area (Å²) in [5, 5.41) is 11.3. The Balaban J connectivity index is 1.96. The van der Waals surface area contributed by atoms with Crippen LogP contribution in [0.5, 0.6) is 0 Å². The maximum Gasteiger partial charge on any atom is 0.230 e. The second kappa shape index (κ2) is 6.43. The molecule has 0 saturated heterocycles. The Morgan fingerprint density at radius 3 is 3.16 bits per heavy atom. The molecule has 102 valence electrons. The van der Waals surface area contributed by atoms with E-state index in [4.69, 9.17) is 4.74 Å². The summed E-state index contributed by atoms with van der Waals surface area (Å²) in [6.45, 7) is 0.999. The Hall–Kier alpha value is -1.74. The van der Waals surface area contributed by atoms with Gasteiger partial charge in [0, 0.05) is 20.7 Å². The van der Waals surface area contributed by atoms with Crippen molar-refractivity contribution in [2.45, 2.75) is 5.03 Å². The number of aromatic nitrogens is 5. The van der Waals surface area contributed by atoms with E-state index in [0.29, 0.717) is 29.3 Å². The summed E-state index contributed by atoms with van der Waals surface area (Å²) in [7, 11) is 3.35. The van der Waals surface area contributed by atoms with Crippen LogP contribution in [0.3, 0.4) is 0 Å². The molecule has 1 N–H and O–H groups in total. The maximum atomic E-state index is 11.6. The summed E-state index contributed by atoms with van der Waals surface area (Å²) in [4.78, 5) is 19.8.